The zero-order valence-electron chi connectivity index (χ0n) is 11.7. The van der Waals surface area contributed by atoms with Crippen molar-refractivity contribution in [3.8, 4) is 0 Å². The van der Waals surface area contributed by atoms with Gasteiger partial charge in [0.05, 0.1) is 17.3 Å². The predicted molar refractivity (Wildman–Crippen MR) is 72.2 cm³/mol. The third kappa shape index (κ3) is 1.55. The third-order valence-electron chi connectivity index (χ3n) is 5.39. The van der Waals surface area contributed by atoms with Crippen LogP contribution in [0.1, 0.15) is 46.5 Å². The lowest BCUT2D eigenvalue weighted by atomic mass is 9.51. The number of aliphatic hydroxyl groups excluding tert-OH is 1. The molecule has 4 rings (SSSR count). The van der Waals surface area contributed by atoms with Crippen molar-refractivity contribution in [2.75, 3.05) is 0 Å². The molecule has 0 aromatic heterocycles. The van der Waals surface area contributed by atoms with Crippen LogP contribution in [0.15, 0.2) is 23.8 Å². The molecule has 2 saturated carbocycles. The van der Waals surface area contributed by atoms with Gasteiger partial charge in [-0.25, -0.2) is 0 Å². The molecule has 2 heterocycles. The fourth-order valence-corrected chi connectivity index (χ4v) is 4.34. The van der Waals surface area contributed by atoms with E-state index in [1.54, 1.807) is 0 Å². The maximum Gasteiger partial charge on any atom is 0.0783 e. The molecule has 0 radical (unpaired) electrons. The topological polar surface area (TPSA) is 29.5 Å². The van der Waals surface area contributed by atoms with E-state index in [1.807, 2.05) is 0 Å². The van der Waals surface area contributed by atoms with Crippen molar-refractivity contribution in [3.63, 3.8) is 0 Å². The van der Waals surface area contributed by atoms with Gasteiger partial charge >= 0.3 is 0 Å². The number of aliphatic hydroxyl groups is 1. The van der Waals surface area contributed by atoms with Gasteiger partial charge in [0, 0.05) is 12.8 Å². The largest absolute Gasteiger partial charge is 0.389 e. The van der Waals surface area contributed by atoms with E-state index in [0.29, 0.717) is 11.8 Å². The maximum atomic E-state index is 10.1. The fraction of sp³-hybridized carbons (Fsp3) is 0.750. The van der Waals surface area contributed by atoms with Crippen LogP contribution in [0.5, 0.6) is 0 Å². The molecule has 5 atom stereocenters. The standard InChI is InChI=1S/C16H24O2/c1-10(2)5-6-16-9-15(18-16)7-13(12(16)4)11(3)14(17)8-15/h5,12-14,17H,3,6-9H2,1-2,4H3/t12-,13-,14-,15+,16-/m0/s1. The summed E-state index contributed by atoms with van der Waals surface area (Å²) in [4.78, 5) is 0. The maximum absolute atomic E-state index is 10.1. The molecule has 1 spiro atoms. The van der Waals surface area contributed by atoms with Crippen molar-refractivity contribution in [3.05, 3.63) is 23.8 Å². The lowest BCUT2D eigenvalue weighted by Gasteiger charge is -2.69. The molecule has 4 fully saturated rings. The minimum atomic E-state index is -0.354. The number of ether oxygens (including phenoxy) is 1. The highest BCUT2D eigenvalue weighted by Crippen LogP contribution is 2.64. The summed E-state index contributed by atoms with van der Waals surface area (Å²) < 4.78 is 6.36. The van der Waals surface area contributed by atoms with E-state index < -0.39 is 0 Å². The average Bonchev–Trinajstić information content (AvgIpc) is 2.26. The summed E-state index contributed by atoms with van der Waals surface area (Å²) in [5, 5.41) is 10.1. The highest BCUT2D eigenvalue weighted by molar-refractivity contribution is 5.27. The van der Waals surface area contributed by atoms with Crippen molar-refractivity contribution in [1.82, 2.24) is 0 Å². The molecule has 2 aliphatic carbocycles. The molecule has 4 aliphatic rings. The molecule has 0 aromatic rings. The highest BCUT2D eigenvalue weighted by atomic mass is 16.6. The van der Waals surface area contributed by atoms with Gasteiger partial charge in [-0.2, -0.15) is 0 Å². The number of allylic oxidation sites excluding steroid dienone is 1. The van der Waals surface area contributed by atoms with E-state index in [4.69, 9.17) is 4.74 Å². The first kappa shape index (κ1) is 12.4. The van der Waals surface area contributed by atoms with Crippen LogP contribution in [-0.2, 0) is 4.74 Å². The first-order chi connectivity index (χ1) is 8.38. The van der Waals surface area contributed by atoms with Crippen LogP contribution in [0.3, 0.4) is 0 Å². The molecular weight excluding hydrogens is 224 g/mol. The van der Waals surface area contributed by atoms with Gasteiger partial charge in [-0.3, -0.25) is 0 Å². The Bertz CT molecular complexity index is 411. The van der Waals surface area contributed by atoms with E-state index in [1.165, 1.54) is 5.57 Å². The Morgan fingerprint density at radius 3 is 2.78 bits per heavy atom. The molecule has 18 heavy (non-hydrogen) atoms. The Morgan fingerprint density at radius 1 is 1.50 bits per heavy atom. The van der Waals surface area contributed by atoms with Crippen molar-refractivity contribution < 1.29 is 9.84 Å². The lowest BCUT2D eigenvalue weighted by molar-refractivity contribution is -0.348. The summed E-state index contributed by atoms with van der Waals surface area (Å²) in [5.41, 5.74) is 2.38. The second-order valence-electron chi connectivity index (χ2n) is 6.91. The van der Waals surface area contributed by atoms with Crippen LogP contribution in [0, 0.1) is 11.8 Å². The Kier molecular flexibility index (Phi) is 2.56. The van der Waals surface area contributed by atoms with Crippen LogP contribution in [0.4, 0.5) is 0 Å². The molecule has 100 valence electrons. The summed E-state index contributed by atoms with van der Waals surface area (Å²) in [6, 6.07) is 0. The zero-order chi connectivity index (χ0) is 13.1. The van der Waals surface area contributed by atoms with E-state index in [0.717, 1.165) is 31.3 Å². The monoisotopic (exact) mass is 248 g/mol. The van der Waals surface area contributed by atoms with Gasteiger partial charge in [-0.15, -0.1) is 0 Å². The molecule has 2 heteroatoms. The number of hydrogen-bond acceptors (Lipinski definition) is 2. The predicted octanol–water partition coefficient (Wildman–Crippen LogP) is 3.22. The smallest absolute Gasteiger partial charge is 0.0783 e. The van der Waals surface area contributed by atoms with Crippen LogP contribution < -0.4 is 0 Å². The van der Waals surface area contributed by atoms with Crippen molar-refractivity contribution in [2.45, 2.75) is 63.8 Å². The quantitative estimate of drug-likeness (QED) is 0.760. The Balaban J connectivity index is 1.87. The van der Waals surface area contributed by atoms with Gasteiger partial charge in [0.1, 0.15) is 0 Å². The van der Waals surface area contributed by atoms with Crippen LogP contribution >= 0.6 is 0 Å². The average molecular weight is 248 g/mol. The lowest BCUT2D eigenvalue weighted by Crippen LogP contribution is -2.72. The van der Waals surface area contributed by atoms with Gasteiger partial charge in [0.15, 0.2) is 0 Å². The first-order valence-electron chi connectivity index (χ1n) is 7.08. The van der Waals surface area contributed by atoms with E-state index in [-0.39, 0.29) is 17.3 Å². The molecule has 3 bridgehead atoms. The molecule has 2 nitrogen and oxygen atoms in total. The third-order valence-corrected chi connectivity index (χ3v) is 5.39. The second-order valence-corrected chi connectivity index (χ2v) is 6.91. The molecule has 2 aliphatic heterocycles. The van der Waals surface area contributed by atoms with Gasteiger partial charge in [0.2, 0.25) is 0 Å². The van der Waals surface area contributed by atoms with E-state index in [9.17, 15) is 5.11 Å². The first-order valence-corrected chi connectivity index (χ1v) is 7.08. The molecular formula is C16H24O2. The van der Waals surface area contributed by atoms with Crippen molar-refractivity contribution in [1.29, 1.82) is 0 Å². The molecule has 2 saturated heterocycles. The summed E-state index contributed by atoms with van der Waals surface area (Å²) in [7, 11) is 0. The van der Waals surface area contributed by atoms with Gasteiger partial charge < -0.3 is 9.84 Å². The van der Waals surface area contributed by atoms with Gasteiger partial charge in [-0.1, -0.05) is 25.2 Å². The minimum absolute atomic E-state index is 0.0171. The van der Waals surface area contributed by atoms with E-state index in [2.05, 4.69) is 33.4 Å². The number of rotatable bonds is 2. The normalized spacial score (nSPS) is 49.6. The van der Waals surface area contributed by atoms with Crippen LogP contribution in [-0.4, -0.2) is 22.4 Å². The van der Waals surface area contributed by atoms with Crippen molar-refractivity contribution >= 4 is 0 Å². The minimum Gasteiger partial charge on any atom is -0.389 e. The van der Waals surface area contributed by atoms with Crippen LogP contribution in [0.25, 0.3) is 0 Å². The Morgan fingerprint density at radius 2 is 2.17 bits per heavy atom. The van der Waals surface area contributed by atoms with Gasteiger partial charge in [0.25, 0.3) is 0 Å². The Hall–Kier alpha value is -0.600. The SMILES string of the molecule is C=C1[C@@H](O)C[C@]23C[C@@H]1[C@H](C)[C@](CC=C(C)C)(C2)O3. The Labute approximate surface area is 110 Å². The second kappa shape index (κ2) is 3.71. The van der Waals surface area contributed by atoms with Gasteiger partial charge in [-0.05, 0) is 44.1 Å². The fourth-order valence-electron chi connectivity index (χ4n) is 4.34. The summed E-state index contributed by atoms with van der Waals surface area (Å²) in [6.45, 7) is 10.7. The molecule has 0 unspecified atom stereocenters. The van der Waals surface area contributed by atoms with Crippen LogP contribution in [0.2, 0.25) is 0 Å². The summed E-state index contributed by atoms with van der Waals surface area (Å²) in [5.74, 6) is 0.916. The summed E-state index contributed by atoms with van der Waals surface area (Å²) in [6.07, 6.45) is 5.90. The van der Waals surface area contributed by atoms with E-state index >= 15 is 0 Å². The molecule has 0 aromatic carbocycles. The molecule has 1 N–H and O–H groups in total. The summed E-state index contributed by atoms with van der Waals surface area (Å²) >= 11 is 0. The zero-order valence-corrected chi connectivity index (χ0v) is 11.7. The highest BCUT2D eigenvalue weighted by Gasteiger charge is 2.67. The number of hydrogen-bond donors (Lipinski definition) is 1. The van der Waals surface area contributed by atoms with Crippen molar-refractivity contribution in [2.24, 2.45) is 11.8 Å². The molecule has 0 amide bonds.